The van der Waals surface area contributed by atoms with Crippen molar-refractivity contribution < 1.29 is 4.79 Å². The number of rotatable bonds is 7. The van der Waals surface area contributed by atoms with E-state index in [0.29, 0.717) is 6.04 Å². The average Bonchev–Trinajstić information content (AvgIpc) is 2.04. The van der Waals surface area contributed by atoms with Crippen LogP contribution in [0.3, 0.4) is 0 Å². The fourth-order valence-electron chi connectivity index (χ4n) is 1.43. The highest BCUT2D eigenvalue weighted by molar-refractivity contribution is 5.73. The molecule has 0 aromatic rings. The predicted octanol–water partition coefficient (Wildman–Crippen LogP) is 2.65. The van der Waals surface area contributed by atoms with Crippen LogP contribution in [-0.4, -0.2) is 11.9 Å². The predicted molar refractivity (Wildman–Crippen MR) is 56.6 cm³/mol. The molecule has 0 aliphatic heterocycles. The summed E-state index contributed by atoms with van der Waals surface area (Å²) in [7, 11) is 0. The van der Waals surface area contributed by atoms with Gasteiger partial charge in [-0.15, -0.1) is 6.58 Å². The molecular formula is C11H21NO. The molecule has 0 aromatic carbocycles. The van der Waals surface area contributed by atoms with Crippen molar-refractivity contribution in [1.29, 1.82) is 0 Å². The lowest BCUT2D eigenvalue weighted by molar-refractivity contribution is -0.119. The van der Waals surface area contributed by atoms with Crippen LogP contribution in [0, 0.1) is 0 Å². The van der Waals surface area contributed by atoms with Gasteiger partial charge in [0.25, 0.3) is 0 Å². The van der Waals surface area contributed by atoms with E-state index >= 15 is 0 Å². The van der Waals surface area contributed by atoms with Crippen LogP contribution in [0.4, 0.5) is 0 Å². The van der Waals surface area contributed by atoms with Gasteiger partial charge in [0.1, 0.15) is 0 Å². The maximum atomic E-state index is 10.8. The van der Waals surface area contributed by atoms with Gasteiger partial charge in [-0.2, -0.15) is 0 Å². The molecule has 0 rings (SSSR count). The van der Waals surface area contributed by atoms with E-state index in [0.717, 1.165) is 32.1 Å². The lowest BCUT2D eigenvalue weighted by Gasteiger charge is -2.16. The van der Waals surface area contributed by atoms with E-state index in [9.17, 15) is 4.79 Å². The Morgan fingerprint density at radius 2 is 2.23 bits per heavy atom. The zero-order valence-corrected chi connectivity index (χ0v) is 8.81. The standard InChI is InChI=1S/C11H21NO/c1-4-6-7-9-11(8-5-2)12-10(3)13/h4,11H,1,5-9H2,2-3H3,(H,12,13). The Labute approximate surface area is 81.4 Å². The molecule has 1 amide bonds. The van der Waals surface area contributed by atoms with Crippen LogP contribution in [-0.2, 0) is 4.79 Å². The molecule has 2 heteroatoms. The minimum atomic E-state index is 0.0806. The van der Waals surface area contributed by atoms with Crippen LogP contribution in [0.2, 0.25) is 0 Å². The normalized spacial score (nSPS) is 12.2. The molecule has 0 saturated heterocycles. The highest BCUT2D eigenvalue weighted by Crippen LogP contribution is 2.06. The number of amides is 1. The lowest BCUT2D eigenvalue weighted by atomic mass is 10.0. The molecule has 76 valence electrons. The molecular weight excluding hydrogens is 162 g/mol. The van der Waals surface area contributed by atoms with Gasteiger partial charge in [0.15, 0.2) is 0 Å². The first kappa shape index (κ1) is 12.2. The van der Waals surface area contributed by atoms with Crippen molar-refractivity contribution in [2.75, 3.05) is 0 Å². The minimum absolute atomic E-state index is 0.0806. The molecule has 1 N–H and O–H groups in total. The molecule has 2 nitrogen and oxygen atoms in total. The number of nitrogens with one attached hydrogen (secondary N) is 1. The number of carbonyl (C=O) groups excluding carboxylic acids is 1. The fourth-order valence-corrected chi connectivity index (χ4v) is 1.43. The van der Waals surface area contributed by atoms with Crippen molar-refractivity contribution in [2.24, 2.45) is 0 Å². The van der Waals surface area contributed by atoms with Crippen LogP contribution < -0.4 is 5.32 Å². The van der Waals surface area contributed by atoms with Crippen LogP contribution in [0.5, 0.6) is 0 Å². The van der Waals surface area contributed by atoms with Crippen molar-refractivity contribution in [3.05, 3.63) is 12.7 Å². The summed E-state index contributed by atoms with van der Waals surface area (Å²) in [6.45, 7) is 7.40. The molecule has 0 aliphatic carbocycles. The molecule has 1 unspecified atom stereocenters. The van der Waals surface area contributed by atoms with Gasteiger partial charge in [0.05, 0.1) is 0 Å². The number of allylic oxidation sites excluding steroid dienone is 1. The first-order chi connectivity index (χ1) is 6.20. The quantitative estimate of drug-likeness (QED) is 0.477. The van der Waals surface area contributed by atoms with Gasteiger partial charge in [-0.25, -0.2) is 0 Å². The Kier molecular flexibility index (Phi) is 7.36. The maximum absolute atomic E-state index is 10.8. The zero-order chi connectivity index (χ0) is 10.1. The van der Waals surface area contributed by atoms with Gasteiger partial charge in [-0.3, -0.25) is 4.79 Å². The molecule has 0 aromatic heterocycles. The Morgan fingerprint density at radius 1 is 1.54 bits per heavy atom. The summed E-state index contributed by atoms with van der Waals surface area (Å²) in [6.07, 6.45) is 7.36. The summed E-state index contributed by atoms with van der Waals surface area (Å²) in [4.78, 5) is 10.8. The Morgan fingerprint density at radius 3 is 2.69 bits per heavy atom. The van der Waals surface area contributed by atoms with Gasteiger partial charge >= 0.3 is 0 Å². The number of hydrogen-bond donors (Lipinski definition) is 1. The van der Waals surface area contributed by atoms with Crippen LogP contribution in [0.25, 0.3) is 0 Å². The van der Waals surface area contributed by atoms with Crippen LogP contribution in [0.1, 0.15) is 46.0 Å². The van der Waals surface area contributed by atoms with E-state index in [1.807, 2.05) is 6.08 Å². The molecule has 0 aliphatic rings. The Balaban J connectivity index is 3.65. The van der Waals surface area contributed by atoms with E-state index in [1.165, 1.54) is 0 Å². The Hall–Kier alpha value is -0.790. The molecule has 0 spiro atoms. The monoisotopic (exact) mass is 183 g/mol. The fraction of sp³-hybridized carbons (Fsp3) is 0.727. The first-order valence-electron chi connectivity index (χ1n) is 5.08. The summed E-state index contributed by atoms with van der Waals surface area (Å²) < 4.78 is 0. The van der Waals surface area contributed by atoms with E-state index in [2.05, 4.69) is 18.8 Å². The third kappa shape index (κ3) is 7.57. The third-order valence-corrected chi connectivity index (χ3v) is 2.01. The second-order valence-electron chi connectivity index (χ2n) is 3.41. The SMILES string of the molecule is C=CCCCC(CCC)NC(C)=O. The summed E-state index contributed by atoms with van der Waals surface area (Å²) in [5.74, 6) is 0.0806. The molecule has 1 atom stereocenters. The maximum Gasteiger partial charge on any atom is 0.217 e. The zero-order valence-electron chi connectivity index (χ0n) is 8.81. The second kappa shape index (κ2) is 7.84. The molecule has 0 saturated carbocycles. The number of carbonyl (C=O) groups is 1. The summed E-state index contributed by atoms with van der Waals surface area (Å²) in [6, 6.07) is 0.363. The van der Waals surface area contributed by atoms with Crippen molar-refractivity contribution in [3.8, 4) is 0 Å². The van der Waals surface area contributed by atoms with E-state index < -0.39 is 0 Å². The van der Waals surface area contributed by atoms with Gasteiger partial charge in [0.2, 0.25) is 5.91 Å². The summed E-state index contributed by atoms with van der Waals surface area (Å²) in [5, 5.41) is 2.97. The molecule has 0 fully saturated rings. The summed E-state index contributed by atoms with van der Waals surface area (Å²) in [5.41, 5.74) is 0. The smallest absolute Gasteiger partial charge is 0.217 e. The molecule has 13 heavy (non-hydrogen) atoms. The van der Waals surface area contributed by atoms with E-state index in [1.54, 1.807) is 6.92 Å². The molecule has 0 bridgehead atoms. The number of hydrogen-bond acceptors (Lipinski definition) is 1. The third-order valence-electron chi connectivity index (χ3n) is 2.01. The topological polar surface area (TPSA) is 29.1 Å². The summed E-state index contributed by atoms with van der Waals surface area (Å²) >= 11 is 0. The van der Waals surface area contributed by atoms with Crippen LogP contribution in [0.15, 0.2) is 12.7 Å². The Bertz CT molecular complexity index is 154. The molecule has 0 heterocycles. The highest BCUT2D eigenvalue weighted by atomic mass is 16.1. The average molecular weight is 183 g/mol. The second-order valence-corrected chi connectivity index (χ2v) is 3.41. The van der Waals surface area contributed by atoms with Crippen LogP contribution >= 0.6 is 0 Å². The van der Waals surface area contributed by atoms with E-state index in [4.69, 9.17) is 0 Å². The minimum Gasteiger partial charge on any atom is -0.354 e. The van der Waals surface area contributed by atoms with Gasteiger partial charge in [-0.05, 0) is 25.7 Å². The molecule has 0 radical (unpaired) electrons. The van der Waals surface area contributed by atoms with Gasteiger partial charge in [0, 0.05) is 13.0 Å². The lowest BCUT2D eigenvalue weighted by Crippen LogP contribution is -2.32. The highest BCUT2D eigenvalue weighted by Gasteiger charge is 2.07. The van der Waals surface area contributed by atoms with Gasteiger partial charge < -0.3 is 5.32 Å². The van der Waals surface area contributed by atoms with Crippen molar-refractivity contribution in [1.82, 2.24) is 5.32 Å². The number of unbranched alkanes of at least 4 members (excludes halogenated alkanes) is 1. The van der Waals surface area contributed by atoms with Crippen molar-refractivity contribution in [3.63, 3.8) is 0 Å². The van der Waals surface area contributed by atoms with Gasteiger partial charge in [-0.1, -0.05) is 19.4 Å². The van der Waals surface area contributed by atoms with E-state index in [-0.39, 0.29) is 5.91 Å². The van der Waals surface area contributed by atoms with Crippen molar-refractivity contribution in [2.45, 2.75) is 52.0 Å². The largest absolute Gasteiger partial charge is 0.354 e. The first-order valence-corrected chi connectivity index (χ1v) is 5.08. The van der Waals surface area contributed by atoms with Crippen molar-refractivity contribution >= 4 is 5.91 Å².